The van der Waals surface area contributed by atoms with Gasteiger partial charge in [-0.2, -0.15) is 5.10 Å². The van der Waals surface area contributed by atoms with Gasteiger partial charge in [-0.05, 0) is 31.7 Å². The van der Waals surface area contributed by atoms with Crippen molar-refractivity contribution in [3.8, 4) is 0 Å². The summed E-state index contributed by atoms with van der Waals surface area (Å²) in [6.07, 6.45) is 1.45. The van der Waals surface area contributed by atoms with E-state index in [1.807, 2.05) is 20.8 Å². The van der Waals surface area contributed by atoms with Crippen LogP contribution in [0, 0.1) is 5.92 Å². The minimum absolute atomic E-state index is 0.196. The topological polar surface area (TPSA) is 67.2 Å². The predicted octanol–water partition coefficient (Wildman–Crippen LogP) is 1.51. The highest BCUT2D eigenvalue weighted by molar-refractivity contribution is 5.92. The molecule has 0 fully saturated rings. The van der Waals surface area contributed by atoms with Crippen molar-refractivity contribution in [2.45, 2.75) is 46.1 Å². The molecule has 0 aromatic carbocycles. The SMILES string of the molecule is CCc1cc(C(=O)NCC(C)(O)CC(C)C)n(C)n1. The summed E-state index contributed by atoms with van der Waals surface area (Å²) in [4.78, 5) is 12.0. The van der Waals surface area contributed by atoms with Crippen LogP contribution in [0.1, 0.15) is 50.3 Å². The molecule has 0 aliphatic heterocycles. The second kappa shape index (κ2) is 6.19. The van der Waals surface area contributed by atoms with Crippen LogP contribution >= 0.6 is 0 Å². The van der Waals surface area contributed by atoms with Gasteiger partial charge in [-0.3, -0.25) is 9.48 Å². The van der Waals surface area contributed by atoms with Crippen LogP contribution in [-0.2, 0) is 13.5 Å². The van der Waals surface area contributed by atoms with Gasteiger partial charge in [0.2, 0.25) is 0 Å². The van der Waals surface area contributed by atoms with Crippen LogP contribution in [0.15, 0.2) is 6.07 Å². The first-order chi connectivity index (χ1) is 8.75. The number of aromatic nitrogens is 2. The monoisotopic (exact) mass is 267 g/mol. The lowest BCUT2D eigenvalue weighted by Crippen LogP contribution is -2.41. The Balaban J connectivity index is 2.62. The van der Waals surface area contributed by atoms with E-state index < -0.39 is 5.60 Å². The lowest BCUT2D eigenvalue weighted by Gasteiger charge is -2.25. The minimum Gasteiger partial charge on any atom is -0.388 e. The van der Waals surface area contributed by atoms with Crippen LogP contribution in [0.2, 0.25) is 0 Å². The number of aliphatic hydroxyl groups is 1. The van der Waals surface area contributed by atoms with Gasteiger partial charge in [0.1, 0.15) is 5.69 Å². The Morgan fingerprint density at radius 1 is 1.58 bits per heavy atom. The van der Waals surface area contributed by atoms with E-state index in [1.54, 1.807) is 24.7 Å². The van der Waals surface area contributed by atoms with E-state index in [0.717, 1.165) is 12.1 Å². The predicted molar refractivity (Wildman–Crippen MR) is 75.0 cm³/mol. The second-order valence-corrected chi connectivity index (χ2v) is 5.78. The summed E-state index contributed by atoms with van der Waals surface area (Å²) < 4.78 is 1.57. The number of carbonyl (C=O) groups is 1. The fourth-order valence-electron chi connectivity index (χ4n) is 2.22. The normalized spacial score (nSPS) is 14.5. The van der Waals surface area contributed by atoms with Gasteiger partial charge >= 0.3 is 0 Å². The molecule has 2 N–H and O–H groups in total. The second-order valence-electron chi connectivity index (χ2n) is 5.78. The van der Waals surface area contributed by atoms with Crippen LogP contribution in [0.25, 0.3) is 0 Å². The number of aryl methyl sites for hydroxylation is 2. The summed E-state index contributed by atoms with van der Waals surface area (Å²) in [6.45, 7) is 8.08. The molecule has 1 amide bonds. The molecule has 1 aromatic heterocycles. The van der Waals surface area contributed by atoms with Gasteiger partial charge in [-0.15, -0.1) is 0 Å². The molecular weight excluding hydrogens is 242 g/mol. The number of hydrogen-bond donors (Lipinski definition) is 2. The molecule has 5 heteroatoms. The Morgan fingerprint density at radius 3 is 2.68 bits per heavy atom. The van der Waals surface area contributed by atoms with Crippen LogP contribution in [0.4, 0.5) is 0 Å². The highest BCUT2D eigenvalue weighted by Crippen LogP contribution is 2.15. The number of nitrogens with zero attached hydrogens (tertiary/aromatic N) is 2. The molecule has 1 rings (SSSR count). The van der Waals surface area contributed by atoms with Gasteiger partial charge in [0.25, 0.3) is 5.91 Å². The van der Waals surface area contributed by atoms with Gasteiger partial charge in [-0.1, -0.05) is 20.8 Å². The highest BCUT2D eigenvalue weighted by atomic mass is 16.3. The average Bonchev–Trinajstić information content (AvgIpc) is 2.66. The third-order valence-corrected chi connectivity index (χ3v) is 3.00. The fraction of sp³-hybridized carbons (Fsp3) is 0.714. The van der Waals surface area contributed by atoms with E-state index in [9.17, 15) is 9.90 Å². The van der Waals surface area contributed by atoms with Gasteiger partial charge in [0, 0.05) is 13.6 Å². The summed E-state index contributed by atoms with van der Waals surface area (Å²) in [7, 11) is 1.75. The molecule has 1 aromatic rings. The van der Waals surface area contributed by atoms with Crippen LogP contribution in [-0.4, -0.2) is 32.9 Å². The molecule has 1 atom stereocenters. The zero-order valence-corrected chi connectivity index (χ0v) is 12.5. The molecule has 0 radical (unpaired) electrons. The molecule has 19 heavy (non-hydrogen) atoms. The van der Waals surface area contributed by atoms with Crippen molar-refractivity contribution in [2.75, 3.05) is 6.54 Å². The van der Waals surface area contributed by atoms with E-state index in [2.05, 4.69) is 10.4 Å². The standard InChI is InChI=1S/C14H25N3O2/c1-6-11-7-12(17(5)16-11)13(18)15-9-14(4,19)8-10(2)3/h7,10,19H,6,8-9H2,1-5H3,(H,15,18). The van der Waals surface area contributed by atoms with Gasteiger partial charge in [0.15, 0.2) is 0 Å². The zero-order chi connectivity index (χ0) is 14.6. The van der Waals surface area contributed by atoms with E-state index >= 15 is 0 Å². The molecule has 108 valence electrons. The third-order valence-electron chi connectivity index (χ3n) is 3.00. The first kappa shape index (κ1) is 15.7. The molecule has 1 unspecified atom stereocenters. The smallest absolute Gasteiger partial charge is 0.269 e. The van der Waals surface area contributed by atoms with Crippen LogP contribution in [0.3, 0.4) is 0 Å². The molecule has 0 aliphatic rings. The van der Waals surface area contributed by atoms with Crippen molar-refractivity contribution in [3.63, 3.8) is 0 Å². The molecule has 0 saturated carbocycles. The van der Waals surface area contributed by atoms with Crippen molar-refractivity contribution in [3.05, 3.63) is 17.5 Å². The Bertz CT molecular complexity index is 436. The van der Waals surface area contributed by atoms with Gasteiger partial charge < -0.3 is 10.4 Å². The summed E-state index contributed by atoms with van der Waals surface area (Å²) in [6, 6.07) is 1.78. The summed E-state index contributed by atoms with van der Waals surface area (Å²) in [5.74, 6) is 0.189. The Morgan fingerprint density at radius 2 is 2.21 bits per heavy atom. The number of amides is 1. The third kappa shape index (κ3) is 4.67. The van der Waals surface area contributed by atoms with E-state index in [0.29, 0.717) is 18.0 Å². The van der Waals surface area contributed by atoms with Crippen LogP contribution < -0.4 is 5.32 Å². The quantitative estimate of drug-likeness (QED) is 0.821. The number of nitrogens with one attached hydrogen (secondary N) is 1. The Labute approximate surface area is 115 Å². The van der Waals surface area contributed by atoms with Crippen molar-refractivity contribution in [1.29, 1.82) is 0 Å². The lowest BCUT2D eigenvalue weighted by atomic mass is 9.94. The first-order valence-corrected chi connectivity index (χ1v) is 6.78. The number of carbonyl (C=O) groups excluding carboxylic acids is 1. The molecule has 1 heterocycles. The molecule has 5 nitrogen and oxygen atoms in total. The maximum atomic E-state index is 12.0. The fourth-order valence-corrected chi connectivity index (χ4v) is 2.22. The summed E-state index contributed by atoms with van der Waals surface area (Å²) >= 11 is 0. The largest absolute Gasteiger partial charge is 0.388 e. The zero-order valence-electron chi connectivity index (χ0n) is 12.5. The van der Waals surface area contributed by atoms with Gasteiger partial charge in [-0.25, -0.2) is 0 Å². The first-order valence-electron chi connectivity index (χ1n) is 6.78. The van der Waals surface area contributed by atoms with Crippen molar-refractivity contribution in [1.82, 2.24) is 15.1 Å². The van der Waals surface area contributed by atoms with E-state index in [-0.39, 0.29) is 12.5 Å². The van der Waals surface area contributed by atoms with E-state index in [1.165, 1.54) is 0 Å². The Kier molecular flexibility index (Phi) is 5.11. The lowest BCUT2D eigenvalue weighted by molar-refractivity contribution is 0.0366. The maximum absolute atomic E-state index is 12.0. The molecule has 0 aliphatic carbocycles. The minimum atomic E-state index is -0.879. The number of rotatable bonds is 6. The number of hydrogen-bond acceptors (Lipinski definition) is 3. The summed E-state index contributed by atoms with van der Waals surface area (Å²) in [5, 5.41) is 17.2. The van der Waals surface area contributed by atoms with E-state index in [4.69, 9.17) is 0 Å². The van der Waals surface area contributed by atoms with Gasteiger partial charge in [0.05, 0.1) is 11.3 Å². The molecule has 0 bridgehead atoms. The van der Waals surface area contributed by atoms with Crippen LogP contribution in [0.5, 0.6) is 0 Å². The Hall–Kier alpha value is -1.36. The molecule has 0 spiro atoms. The molecular formula is C14H25N3O2. The molecule has 0 saturated heterocycles. The van der Waals surface area contributed by atoms with Crippen molar-refractivity contribution < 1.29 is 9.90 Å². The summed E-state index contributed by atoms with van der Waals surface area (Å²) in [5.41, 5.74) is 0.537. The maximum Gasteiger partial charge on any atom is 0.269 e. The van der Waals surface area contributed by atoms with Crippen molar-refractivity contribution in [2.24, 2.45) is 13.0 Å². The average molecular weight is 267 g/mol. The highest BCUT2D eigenvalue weighted by Gasteiger charge is 2.23. The van der Waals surface area contributed by atoms with Crippen molar-refractivity contribution >= 4 is 5.91 Å².